The van der Waals surface area contributed by atoms with E-state index in [1.807, 2.05) is 25.1 Å². The molecular weight excluding hydrogens is 260 g/mol. The zero-order valence-corrected chi connectivity index (χ0v) is 11.1. The molecule has 0 radical (unpaired) electrons. The molecule has 0 saturated heterocycles. The Balaban J connectivity index is 2.06. The lowest BCUT2D eigenvalue weighted by Gasteiger charge is -1.98. The zero-order valence-electron chi connectivity index (χ0n) is 10.3. The van der Waals surface area contributed by atoms with E-state index in [0.29, 0.717) is 21.9 Å². The molecule has 2 aromatic heterocycles. The molecule has 0 aliphatic heterocycles. The standard InChI is InChI=1S/C15H11ClN2O/c1-10-3-2-4-11(7-10)15(19)13-9-18-8-12(16)5-6-14(18)17-13/h2-9H,1H3. The van der Waals surface area contributed by atoms with E-state index in [0.717, 1.165) is 5.56 Å². The Morgan fingerprint density at radius 3 is 2.84 bits per heavy atom. The number of ketones is 1. The average Bonchev–Trinajstić information content (AvgIpc) is 2.80. The highest BCUT2D eigenvalue weighted by Gasteiger charge is 2.13. The number of aryl methyl sites for hydroxylation is 1. The highest BCUT2D eigenvalue weighted by Crippen LogP contribution is 2.15. The van der Waals surface area contributed by atoms with Gasteiger partial charge in [-0.15, -0.1) is 0 Å². The monoisotopic (exact) mass is 270 g/mol. The van der Waals surface area contributed by atoms with E-state index < -0.39 is 0 Å². The summed E-state index contributed by atoms with van der Waals surface area (Å²) in [5, 5.41) is 0.611. The molecule has 3 nitrogen and oxygen atoms in total. The van der Waals surface area contributed by atoms with Crippen LogP contribution in [0, 0.1) is 6.92 Å². The Labute approximate surface area is 115 Å². The Morgan fingerprint density at radius 1 is 1.21 bits per heavy atom. The van der Waals surface area contributed by atoms with Gasteiger partial charge in [0.2, 0.25) is 5.78 Å². The van der Waals surface area contributed by atoms with Crippen LogP contribution >= 0.6 is 11.6 Å². The molecule has 19 heavy (non-hydrogen) atoms. The predicted molar refractivity (Wildman–Crippen MR) is 74.8 cm³/mol. The van der Waals surface area contributed by atoms with E-state index in [-0.39, 0.29) is 5.78 Å². The van der Waals surface area contributed by atoms with Crippen molar-refractivity contribution in [2.45, 2.75) is 6.92 Å². The van der Waals surface area contributed by atoms with Gasteiger partial charge in [0.25, 0.3) is 0 Å². The third-order valence-electron chi connectivity index (χ3n) is 2.93. The van der Waals surface area contributed by atoms with Crippen LogP contribution in [0.3, 0.4) is 0 Å². The Bertz CT molecular complexity index is 777. The summed E-state index contributed by atoms with van der Waals surface area (Å²) < 4.78 is 1.76. The lowest BCUT2D eigenvalue weighted by atomic mass is 10.1. The van der Waals surface area contributed by atoms with Crippen LogP contribution in [0.15, 0.2) is 48.8 Å². The van der Waals surface area contributed by atoms with Crippen molar-refractivity contribution >= 4 is 23.0 Å². The summed E-state index contributed by atoms with van der Waals surface area (Å²) in [4.78, 5) is 16.7. The molecule has 0 saturated carbocycles. The highest BCUT2D eigenvalue weighted by atomic mass is 35.5. The van der Waals surface area contributed by atoms with Gasteiger partial charge in [0.15, 0.2) is 0 Å². The number of carbonyl (C=O) groups excluding carboxylic acids is 1. The van der Waals surface area contributed by atoms with Gasteiger partial charge in [0.05, 0.1) is 5.02 Å². The second-order valence-corrected chi connectivity index (χ2v) is 4.87. The molecule has 0 unspecified atom stereocenters. The Kier molecular flexibility index (Phi) is 2.84. The normalized spacial score (nSPS) is 10.8. The van der Waals surface area contributed by atoms with Gasteiger partial charge in [-0.1, -0.05) is 35.4 Å². The van der Waals surface area contributed by atoms with Gasteiger partial charge in [0, 0.05) is 18.0 Å². The number of hydrogen-bond acceptors (Lipinski definition) is 2. The van der Waals surface area contributed by atoms with Gasteiger partial charge < -0.3 is 4.40 Å². The van der Waals surface area contributed by atoms with Crippen LogP contribution in [-0.2, 0) is 0 Å². The first-order valence-corrected chi connectivity index (χ1v) is 6.27. The van der Waals surface area contributed by atoms with Crippen LogP contribution < -0.4 is 0 Å². The van der Waals surface area contributed by atoms with Crippen molar-refractivity contribution in [1.82, 2.24) is 9.38 Å². The molecule has 0 spiro atoms. The van der Waals surface area contributed by atoms with E-state index in [1.54, 1.807) is 35.0 Å². The van der Waals surface area contributed by atoms with Crippen molar-refractivity contribution in [2.75, 3.05) is 0 Å². The number of rotatable bonds is 2. The van der Waals surface area contributed by atoms with Gasteiger partial charge in [-0.25, -0.2) is 4.98 Å². The minimum absolute atomic E-state index is 0.0801. The quantitative estimate of drug-likeness (QED) is 0.668. The summed E-state index contributed by atoms with van der Waals surface area (Å²) >= 11 is 5.91. The molecule has 0 bridgehead atoms. The third kappa shape index (κ3) is 2.25. The van der Waals surface area contributed by atoms with Gasteiger partial charge >= 0.3 is 0 Å². The second kappa shape index (κ2) is 4.52. The molecule has 0 amide bonds. The molecule has 0 N–H and O–H groups in total. The molecule has 0 aliphatic carbocycles. The summed E-state index contributed by atoms with van der Waals surface area (Å²) in [7, 11) is 0. The summed E-state index contributed by atoms with van der Waals surface area (Å²) in [5.74, 6) is -0.0801. The van der Waals surface area contributed by atoms with Crippen molar-refractivity contribution in [2.24, 2.45) is 0 Å². The number of fused-ring (bicyclic) bond motifs is 1. The van der Waals surface area contributed by atoms with Crippen molar-refractivity contribution in [3.63, 3.8) is 0 Å². The number of imidazole rings is 1. The lowest BCUT2D eigenvalue weighted by Crippen LogP contribution is -2.01. The van der Waals surface area contributed by atoms with Crippen LogP contribution in [0.4, 0.5) is 0 Å². The van der Waals surface area contributed by atoms with E-state index in [2.05, 4.69) is 4.98 Å². The fourth-order valence-electron chi connectivity index (χ4n) is 2.01. The molecule has 94 valence electrons. The third-order valence-corrected chi connectivity index (χ3v) is 3.15. The fraction of sp³-hybridized carbons (Fsp3) is 0.0667. The summed E-state index contributed by atoms with van der Waals surface area (Å²) in [6.45, 7) is 1.96. The molecule has 4 heteroatoms. The Hall–Kier alpha value is -2.13. The number of aromatic nitrogens is 2. The van der Waals surface area contributed by atoms with E-state index in [1.165, 1.54) is 0 Å². The maximum atomic E-state index is 12.3. The summed E-state index contributed by atoms with van der Waals surface area (Å²) in [6, 6.07) is 11.0. The number of halogens is 1. The molecule has 3 rings (SSSR count). The highest BCUT2D eigenvalue weighted by molar-refractivity contribution is 6.30. The molecule has 2 heterocycles. The van der Waals surface area contributed by atoms with Crippen LogP contribution in [-0.4, -0.2) is 15.2 Å². The summed E-state index contributed by atoms with van der Waals surface area (Å²) in [5.41, 5.74) is 2.83. The van der Waals surface area contributed by atoms with Crippen LogP contribution in [0.2, 0.25) is 5.02 Å². The topological polar surface area (TPSA) is 34.4 Å². The van der Waals surface area contributed by atoms with E-state index >= 15 is 0 Å². The van der Waals surface area contributed by atoms with Gasteiger partial charge in [-0.2, -0.15) is 0 Å². The minimum Gasteiger partial charge on any atom is -0.305 e. The first-order valence-electron chi connectivity index (χ1n) is 5.89. The number of hydrogen-bond donors (Lipinski definition) is 0. The molecule has 3 aromatic rings. The first kappa shape index (κ1) is 11.9. The van der Waals surface area contributed by atoms with Crippen LogP contribution in [0.1, 0.15) is 21.6 Å². The fourth-order valence-corrected chi connectivity index (χ4v) is 2.18. The summed E-state index contributed by atoms with van der Waals surface area (Å²) in [6.07, 6.45) is 3.43. The van der Waals surface area contributed by atoms with E-state index in [4.69, 9.17) is 11.6 Å². The second-order valence-electron chi connectivity index (χ2n) is 4.44. The van der Waals surface area contributed by atoms with Crippen LogP contribution in [0.25, 0.3) is 5.65 Å². The van der Waals surface area contributed by atoms with Crippen LogP contribution in [0.5, 0.6) is 0 Å². The van der Waals surface area contributed by atoms with Crippen molar-refractivity contribution in [3.05, 3.63) is 70.6 Å². The molecule has 1 aromatic carbocycles. The number of benzene rings is 1. The maximum Gasteiger partial charge on any atom is 0.212 e. The zero-order chi connectivity index (χ0) is 13.4. The van der Waals surface area contributed by atoms with Gasteiger partial charge in [-0.3, -0.25) is 4.79 Å². The minimum atomic E-state index is -0.0801. The van der Waals surface area contributed by atoms with E-state index in [9.17, 15) is 4.79 Å². The predicted octanol–water partition coefficient (Wildman–Crippen LogP) is 3.53. The van der Waals surface area contributed by atoms with Gasteiger partial charge in [-0.05, 0) is 25.1 Å². The van der Waals surface area contributed by atoms with Crippen molar-refractivity contribution < 1.29 is 4.79 Å². The largest absolute Gasteiger partial charge is 0.305 e. The smallest absolute Gasteiger partial charge is 0.212 e. The number of carbonyl (C=O) groups is 1. The molecule has 0 aliphatic rings. The maximum absolute atomic E-state index is 12.3. The molecule has 0 atom stereocenters. The SMILES string of the molecule is Cc1cccc(C(=O)c2cn3cc(Cl)ccc3n2)c1. The first-order chi connectivity index (χ1) is 9.13. The molecule has 0 fully saturated rings. The molecular formula is C15H11ClN2O. The number of pyridine rings is 1. The van der Waals surface area contributed by atoms with Crippen molar-refractivity contribution in [3.8, 4) is 0 Å². The number of nitrogens with zero attached hydrogens (tertiary/aromatic N) is 2. The van der Waals surface area contributed by atoms with Crippen molar-refractivity contribution in [1.29, 1.82) is 0 Å². The Morgan fingerprint density at radius 2 is 2.05 bits per heavy atom. The van der Waals surface area contributed by atoms with Gasteiger partial charge in [0.1, 0.15) is 11.3 Å². The lowest BCUT2D eigenvalue weighted by molar-refractivity contribution is 0.103. The average molecular weight is 271 g/mol.